The summed E-state index contributed by atoms with van der Waals surface area (Å²) in [6.45, 7) is 4.52. The molecule has 0 fully saturated rings. The second-order valence-electron chi connectivity index (χ2n) is 7.92. The SMILES string of the molecule is CCCCCn1cnc2sc(C(=O)Nc3sc4c(c3C(N)=O)CCCC4)c(C)c2c1=O. The zero-order valence-electron chi connectivity index (χ0n) is 17.7. The van der Waals surface area contributed by atoms with E-state index in [0.717, 1.165) is 55.4 Å². The number of amides is 2. The molecule has 3 heterocycles. The van der Waals surface area contributed by atoms with Gasteiger partial charge in [0.25, 0.3) is 17.4 Å². The number of hydrogen-bond acceptors (Lipinski definition) is 6. The summed E-state index contributed by atoms with van der Waals surface area (Å²) < 4.78 is 1.62. The van der Waals surface area contributed by atoms with Crippen molar-refractivity contribution in [3.05, 3.63) is 43.1 Å². The van der Waals surface area contributed by atoms with Crippen molar-refractivity contribution in [2.24, 2.45) is 5.73 Å². The topological polar surface area (TPSA) is 107 Å². The summed E-state index contributed by atoms with van der Waals surface area (Å²) in [5.41, 5.74) is 7.56. The van der Waals surface area contributed by atoms with E-state index in [1.54, 1.807) is 17.8 Å². The lowest BCUT2D eigenvalue weighted by Crippen LogP contribution is -2.21. The number of aryl methyl sites for hydroxylation is 3. The molecule has 0 unspecified atom stereocenters. The fraction of sp³-hybridized carbons (Fsp3) is 0.455. The number of rotatable bonds is 7. The summed E-state index contributed by atoms with van der Waals surface area (Å²) >= 11 is 2.64. The van der Waals surface area contributed by atoms with Crippen molar-refractivity contribution in [1.82, 2.24) is 9.55 Å². The molecule has 31 heavy (non-hydrogen) atoms. The Morgan fingerprint density at radius 1 is 1.23 bits per heavy atom. The zero-order chi connectivity index (χ0) is 22.1. The van der Waals surface area contributed by atoms with Crippen molar-refractivity contribution in [1.29, 1.82) is 0 Å². The Balaban J connectivity index is 1.67. The Labute approximate surface area is 188 Å². The third-order valence-corrected chi connectivity index (χ3v) is 8.18. The predicted octanol–water partition coefficient (Wildman–Crippen LogP) is 4.25. The number of nitrogens with zero attached hydrogens (tertiary/aromatic N) is 2. The lowest BCUT2D eigenvalue weighted by molar-refractivity contribution is 0.100. The number of hydrogen-bond donors (Lipinski definition) is 2. The highest BCUT2D eigenvalue weighted by Gasteiger charge is 2.26. The average molecular weight is 459 g/mol. The van der Waals surface area contributed by atoms with Gasteiger partial charge in [-0.05, 0) is 50.2 Å². The molecule has 0 saturated carbocycles. The molecule has 0 radical (unpaired) electrons. The van der Waals surface area contributed by atoms with Gasteiger partial charge < -0.3 is 11.1 Å². The van der Waals surface area contributed by atoms with Crippen LogP contribution in [0, 0.1) is 6.92 Å². The van der Waals surface area contributed by atoms with Gasteiger partial charge in [0.2, 0.25) is 0 Å². The quantitative estimate of drug-likeness (QED) is 0.516. The van der Waals surface area contributed by atoms with Crippen molar-refractivity contribution >= 4 is 49.7 Å². The number of carbonyl (C=O) groups is 2. The van der Waals surface area contributed by atoms with Gasteiger partial charge in [0.1, 0.15) is 9.83 Å². The fourth-order valence-electron chi connectivity index (χ4n) is 4.14. The first-order valence-corrected chi connectivity index (χ1v) is 12.3. The van der Waals surface area contributed by atoms with Gasteiger partial charge in [-0.25, -0.2) is 4.98 Å². The Hall–Kier alpha value is -2.52. The van der Waals surface area contributed by atoms with Crippen molar-refractivity contribution in [3.63, 3.8) is 0 Å². The highest BCUT2D eigenvalue weighted by Crippen LogP contribution is 2.38. The second-order valence-corrected chi connectivity index (χ2v) is 10.0. The van der Waals surface area contributed by atoms with Crippen LogP contribution in [0.2, 0.25) is 0 Å². The van der Waals surface area contributed by atoms with Crippen LogP contribution in [0.5, 0.6) is 0 Å². The van der Waals surface area contributed by atoms with Crippen LogP contribution in [0.3, 0.4) is 0 Å². The van der Waals surface area contributed by atoms with Crippen LogP contribution in [0.4, 0.5) is 5.00 Å². The summed E-state index contributed by atoms with van der Waals surface area (Å²) in [6, 6.07) is 0. The number of nitrogens with two attached hydrogens (primary N) is 1. The van der Waals surface area contributed by atoms with Crippen molar-refractivity contribution < 1.29 is 9.59 Å². The van der Waals surface area contributed by atoms with Gasteiger partial charge in [-0.3, -0.25) is 19.0 Å². The maximum atomic E-state index is 13.1. The van der Waals surface area contributed by atoms with Gasteiger partial charge in [-0.2, -0.15) is 0 Å². The van der Waals surface area contributed by atoms with E-state index in [0.29, 0.717) is 37.8 Å². The maximum Gasteiger partial charge on any atom is 0.266 e. The van der Waals surface area contributed by atoms with Gasteiger partial charge in [0, 0.05) is 11.4 Å². The lowest BCUT2D eigenvalue weighted by atomic mass is 9.95. The lowest BCUT2D eigenvalue weighted by Gasteiger charge is -2.11. The standard InChI is InChI=1S/C22H26N4O3S2/c1-3-4-7-10-26-11-24-20-15(22(26)29)12(2)17(31-20)19(28)25-21-16(18(23)27)13-8-5-6-9-14(13)30-21/h11H,3-10H2,1-2H3,(H2,23,27)(H,25,28). The summed E-state index contributed by atoms with van der Waals surface area (Å²) in [7, 11) is 0. The molecule has 164 valence electrons. The number of anilines is 1. The van der Waals surface area contributed by atoms with Crippen LogP contribution in [-0.4, -0.2) is 21.4 Å². The first kappa shape index (κ1) is 21.7. The third kappa shape index (κ3) is 4.04. The van der Waals surface area contributed by atoms with Crippen LogP contribution in [0.25, 0.3) is 10.2 Å². The molecule has 0 spiro atoms. The summed E-state index contributed by atoms with van der Waals surface area (Å²) in [5.74, 6) is -0.849. The second kappa shape index (κ2) is 8.92. The normalized spacial score (nSPS) is 13.4. The van der Waals surface area contributed by atoms with Gasteiger partial charge in [-0.1, -0.05) is 19.8 Å². The largest absolute Gasteiger partial charge is 0.365 e. The smallest absolute Gasteiger partial charge is 0.266 e. The van der Waals surface area contributed by atoms with Crippen LogP contribution in [0.1, 0.15) is 75.1 Å². The van der Waals surface area contributed by atoms with E-state index in [9.17, 15) is 14.4 Å². The summed E-state index contributed by atoms with van der Waals surface area (Å²) in [4.78, 5) is 44.7. The van der Waals surface area contributed by atoms with Crippen LogP contribution in [0.15, 0.2) is 11.1 Å². The Bertz CT molecular complexity index is 1220. The molecule has 9 heteroatoms. The van der Waals surface area contributed by atoms with E-state index >= 15 is 0 Å². The number of nitrogens with one attached hydrogen (secondary N) is 1. The molecule has 2 amide bonds. The van der Waals surface area contributed by atoms with Gasteiger partial charge >= 0.3 is 0 Å². The molecule has 0 atom stereocenters. The molecule has 0 bridgehead atoms. The van der Waals surface area contributed by atoms with Crippen molar-refractivity contribution in [2.45, 2.75) is 65.3 Å². The van der Waals surface area contributed by atoms with Crippen LogP contribution in [-0.2, 0) is 19.4 Å². The van der Waals surface area contributed by atoms with E-state index in [2.05, 4.69) is 17.2 Å². The average Bonchev–Trinajstić information content (AvgIpc) is 3.27. The molecular weight excluding hydrogens is 432 g/mol. The number of carbonyl (C=O) groups excluding carboxylic acids is 2. The van der Waals surface area contributed by atoms with Crippen molar-refractivity contribution in [3.8, 4) is 0 Å². The number of fused-ring (bicyclic) bond motifs is 2. The number of unbranched alkanes of at least 4 members (excludes halogenated alkanes) is 2. The van der Waals surface area contributed by atoms with Gasteiger partial charge in [0.15, 0.2) is 0 Å². The minimum atomic E-state index is -0.514. The van der Waals surface area contributed by atoms with E-state index in [4.69, 9.17) is 5.73 Å². The van der Waals surface area contributed by atoms with Crippen LogP contribution >= 0.6 is 22.7 Å². The molecular formula is C22H26N4O3S2. The highest BCUT2D eigenvalue weighted by molar-refractivity contribution is 7.21. The van der Waals surface area contributed by atoms with E-state index in [-0.39, 0.29) is 11.5 Å². The Kier molecular flexibility index (Phi) is 6.24. The maximum absolute atomic E-state index is 13.1. The van der Waals surface area contributed by atoms with Gasteiger partial charge in [0.05, 0.1) is 22.2 Å². The first-order chi connectivity index (χ1) is 14.9. The molecule has 1 aliphatic carbocycles. The molecule has 1 aliphatic rings. The molecule has 4 rings (SSSR count). The molecule has 3 aromatic rings. The van der Waals surface area contributed by atoms with Crippen LogP contribution < -0.4 is 16.6 Å². The molecule has 3 N–H and O–H groups in total. The highest BCUT2D eigenvalue weighted by atomic mass is 32.1. The molecule has 0 aliphatic heterocycles. The molecule has 3 aromatic heterocycles. The monoisotopic (exact) mass is 458 g/mol. The fourth-order valence-corrected chi connectivity index (χ4v) is 6.47. The number of primary amides is 1. The molecule has 7 nitrogen and oxygen atoms in total. The van der Waals surface area contributed by atoms with E-state index in [1.807, 2.05) is 0 Å². The minimum Gasteiger partial charge on any atom is -0.365 e. The Morgan fingerprint density at radius 3 is 2.74 bits per heavy atom. The van der Waals surface area contributed by atoms with Gasteiger partial charge in [-0.15, -0.1) is 22.7 Å². The first-order valence-electron chi connectivity index (χ1n) is 10.7. The summed E-state index contributed by atoms with van der Waals surface area (Å²) in [5, 5.41) is 3.90. The minimum absolute atomic E-state index is 0.113. The third-order valence-electron chi connectivity index (χ3n) is 5.77. The van der Waals surface area contributed by atoms with E-state index in [1.165, 1.54) is 22.7 Å². The number of thiophene rings is 2. The zero-order valence-corrected chi connectivity index (χ0v) is 19.4. The number of aromatic nitrogens is 2. The van der Waals surface area contributed by atoms with Crippen molar-refractivity contribution in [2.75, 3.05) is 5.32 Å². The Morgan fingerprint density at radius 2 is 2.00 bits per heavy atom. The summed E-state index contributed by atoms with van der Waals surface area (Å²) in [6.07, 6.45) is 8.41. The predicted molar refractivity (Wildman–Crippen MR) is 126 cm³/mol. The van der Waals surface area contributed by atoms with E-state index < -0.39 is 5.91 Å². The molecule has 0 saturated heterocycles. The molecule has 0 aromatic carbocycles.